The molecule has 3 rings (SSSR count). The van der Waals surface area contributed by atoms with Crippen molar-refractivity contribution in [3.05, 3.63) is 27.7 Å². The minimum Gasteiger partial charge on any atom is -0.364 e. The van der Waals surface area contributed by atoms with Gasteiger partial charge in [-0.3, -0.25) is 0 Å². The Morgan fingerprint density at radius 3 is 2.67 bits per heavy atom. The molecule has 2 fully saturated rings. The van der Waals surface area contributed by atoms with E-state index in [4.69, 9.17) is 11.6 Å². The van der Waals surface area contributed by atoms with Crippen molar-refractivity contribution in [2.24, 2.45) is 5.92 Å². The molecule has 1 saturated carbocycles. The van der Waals surface area contributed by atoms with Crippen LogP contribution in [0.5, 0.6) is 0 Å². The predicted octanol–water partition coefficient (Wildman–Crippen LogP) is 4.85. The number of anilines is 1. The molecule has 1 aromatic rings. The second-order valence-corrected chi connectivity index (χ2v) is 8.19. The fourth-order valence-corrected chi connectivity index (χ4v) is 4.80. The molecule has 1 saturated heterocycles. The fraction of sp³-hybridized carbons (Fsp3) is 0.647. The molecule has 1 atom stereocenters. The Labute approximate surface area is 141 Å². The SMILES string of the molecule is CC(C)C1CNC2(CCCC2)CN1c1ccc(Cl)cc1Br. The average Bonchev–Trinajstić information content (AvgIpc) is 2.86. The maximum Gasteiger partial charge on any atom is 0.0515 e. The zero-order valence-corrected chi connectivity index (χ0v) is 15.2. The number of benzene rings is 1. The van der Waals surface area contributed by atoms with Crippen LogP contribution in [0.3, 0.4) is 0 Å². The van der Waals surface area contributed by atoms with Gasteiger partial charge in [-0.15, -0.1) is 0 Å². The lowest BCUT2D eigenvalue weighted by molar-refractivity contribution is 0.245. The Kier molecular flexibility index (Phi) is 4.54. The van der Waals surface area contributed by atoms with Crippen LogP contribution in [0.2, 0.25) is 5.02 Å². The monoisotopic (exact) mass is 370 g/mol. The minimum absolute atomic E-state index is 0.324. The maximum absolute atomic E-state index is 6.11. The van der Waals surface area contributed by atoms with E-state index < -0.39 is 0 Å². The van der Waals surface area contributed by atoms with Crippen molar-refractivity contribution < 1.29 is 0 Å². The summed E-state index contributed by atoms with van der Waals surface area (Å²) in [5.41, 5.74) is 1.61. The van der Waals surface area contributed by atoms with Crippen LogP contribution in [-0.4, -0.2) is 24.7 Å². The van der Waals surface area contributed by atoms with E-state index in [2.05, 4.69) is 46.1 Å². The van der Waals surface area contributed by atoms with E-state index in [0.717, 1.165) is 22.6 Å². The third-order valence-corrected chi connectivity index (χ3v) is 5.98. The van der Waals surface area contributed by atoms with E-state index in [1.165, 1.54) is 31.4 Å². The van der Waals surface area contributed by atoms with E-state index in [0.29, 0.717) is 17.5 Å². The van der Waals surface area contributed by atoms with Crippen molar-refractivity contribution in [2.45, 2.75) is 51.1 Å². The molecule has 2 nitrogen and oxygen atoms in total. The van der Waals surface area contributed by atoms with Gasteiger partial charge >= 0.3 is 0 Å². The number of nitrogens with zero attached hydrogens (tertiary/aromatic N) is 1. The summed E-state index contributed by atoms with van der Waals surface area (Å²) in [7, 11) is 0. The van der Waals surface area contributed by atoms with Crippen LogP contribution in [0.4, 0.5) is 5.69 Å². The van der Waals surface area contributed by atoms with Gasteiger partial charge in [0, 0.05) is 34.2 Å². The highest BCUT2D eigenvalue weighted by Gasteiger charge is 2.42. The average molecular weight is 372 g/mol. The van der Waals surface area contributed by atoms with Gasteiger partial charge < -0.3 is 10.2 Å². The summed E-state index contributed by atoms with van der Waals surface area (Å²) in [6.07, 6.45) is 5.32. The number of halogens is 2. The first-order chi connectivity index (χ1) is 10.0. The molecule has 0 aromatic heterocycles. The molecule has 116 valence electrons. The quantitative estimate of drug-likeness (QED) is 0.799. The molecule has 1 aliphatic carbocycles. The van der Waals surface area contributed by atoms with Crippen molar-refractivity contribution in [1.82, 2.24) is 5.32 Å². The van der Waals surface area contributed by atoms with Gasteiger partial charge in [-0.1, -0.05) is 38.3 Å². The lowest BCUT2D eigenvalue weighted by Crippen LogP contribution is -2.64. The minimum atomic E-state index is 0.324. The van der Waals surface area contributed by atoms with Crippen molar-refractivity contribution in [2.75, 3.05) is 18.0 Å². The van der Waals surface area contributed by atoms with E-state index in [1.807, 2.05) is 12.1 Å². The number of rotatable bonds is 2. The van der Waals surface area contributed by atoms with Gasteiger partial charge in [-0.05, 0) is 52.9 Å². The van der Waals surface area contributed by atoms with Gasteiger partial charge in [0.15, 0.2) is 0 Å². The van der Waals surface area contributed by atoms with Crippen molar-refractivity contribution in [3.63, 3.8) is 0 Å². The largest absolute Gasteiger partial charge is 0.364 e. The van der Waals surface area contributed by atoms with Gasteiger partial charge in [0.05, 0.1) is 5.69 Å². The van der Waals surface area contributed by atoms with Gasteiger partial charge in [0.1, 0.15) is 0 Å². The molecule has 2 aliphatic rings. The lowest BCUT2D eigenvalue weighted by atomic mass is 9.88. The third-order valence-electron chi connectivity index (χ3n) is 5.11. The van der Waals surface area contributed by atoms with Gasteiger partial charge in [-0.2, -0.15) is 0 Å². The second-order valence-electron chi connectivity index (χ2n) is 6.90. The lowest BCUT2D eigenvalue weighted by Gasteiger charge is -2.49. The topological polar surface area (TPSA) is 15.3 Å². The molecule has 0 bridgehead atoms. The fourth-order valence-electron chi connectivity index (χ4n) is 3.89. The normalized spacial score (nSPS) is 25.0. The van der Waals surface area contributed by atoms with Crippen LogP contribution in [0.1, 0.15) is 39.5 Å². The predicted molar refractivity (Wildman–Crippen MR) is 94.3 cm³/mol. The van der Waals surface area contributed by atoms with Crippen LogP contribution in [0, 0.1) is 5.92 Å². The number of nitrogens with one attached hydrogen (secondary N) is 1. The molecule has 1 aromatic carbocycles. The molecule has 1 N–H and O–H groups in total. The molecule has 1 heterocycles. The van der Waals surface area contributed by atoms with Crippen LogP contribution >= 0.6 is 27.5 Å². The number of hydrogen-bond acceptors (Lipinski definition) is 2. The summed E-state index contributed by atoms with van der Waals surface area (Å²) in [6, 6.07) is 6.71. The summed E-state index contributed by atoms with van der Waals surface area (Å²) in [6.45, 7) is 6.81. The first-order valence-corrected chi connectivity index (χ1v) is 9.15. The standard InChI is InChI=1S/C17H24BrClN2/c1-12(2)16-10-20-17(7-3-4-8-17)11-21(16)15-6-5-13(19)9-14(15)18/h5-6,9,12,16,20H,3-4,7-8,10-11H2,1-2H3. The maximum atomic E-state index is 6.11. The summed E-state index contributed by atoms with van der Waals surface area (Å²) in [5.74, 6) is 0.624. The molecular formula is C17H24BrClN2. The first kappa shape index (κ1) is 15.6. The van der Waals surface area contributed by atoms with Gasteiger partial charge in [0.2, 0.25) is 0 Å². The first-order valence-electron chi connectivity index (χ1n) is 7.97. The van der Waals surface area contributed by atoms with Crippen LogP contribution in [-0.2, 0) is 0 Å². The highest BCUT2D eigenvalue weighted by atomic mass is 79.9. The van der Waals surface area contributed by atoms with E-state index in [9.17, 15) is 0 Å². The van der Waals surface area contributed by atoms with Gasteiger partial charge in [0.25, 0.3) is 0 Å². The van der Waals surface area contributed by atoms with E-state index in [-0.39, 0.29) is 0 Å². The summed E-state index contributed by atoms with van der Waals surface area (Å²) < 4.78 is 1.11. The molecule has 21 heavy (non-hydrogen) atoms. The Morgan fingerprint density at radius 1 is 1.33 bits per heavy atom. The van der Waals surface area contributed by atoms with Crippen molar-refractivity contribution >= 4 is 33.2 Å². The van der Waals surface area contributed by atoms with Crippen molar-refractivity contribution in [3.8, 4) is 0 Å². The molecular weight excluding hydrogens is 348 g/mol. The molecule has 1 aliphatic heterocycles. The highest BCUT2D eigenvalue weighted by Crippen LogP contribution is 2.39. The molecule has 0 amide bonds. The molecule has 0 radical (unpaired) electrons. The summed E-state index contributed by atoms with van der Waals surface area (Å²) in [4.78, 5) is 2.60. The van der Waals surface area contributed by atoms with E-state index >= 15 is 0 Å². The van der Waals surface area contributed by atoms with Crippen LogP contribution in [0.25, 0.3) is 0 Å². The zero-order valence-electron chi connectivity index (χ0n) is 12.8. The smallest absolute Gasteiger partial charge is 0.0515 e. The second kappa shape index (κ2) is 6.10. The Morgan fingerprint density at radius 2 is 2.05 bits per heavy atom. The zero-order chi connectivity index (χ0) is 15.0. The number of hydrogen-bond donors (Lipinski definition) is 1. The molecule has 1 spiro atoms. The summed E-state index contributed by atoms with van der Waals surface area (Å²) in [5, 5.41) is 4.66. The van der Waals surface area contributed by atoms with Crippen molar-refractivity contribution in [1.29, 1.82) is 0 Å². The highest BCUT2D eigenvalue weighted by molar-refractivity contribution is 9.10. The Balaban J connectivity index is 1.93. The number of piperazine rings is 1. The molecule has 4 heteroatoms. The van der Waals surface area contributed by atoms with Gasteiger partial charge in [-0.25, -0.2) is 0 Å². The third kappa shape index (κ3) is 3.11. The summed E-state index contributed by atoms with van der Waals surface area (Å²) >= 11 is 9.82. The molecule has 1 unspecified atom stereocenters. The van der Waals surface area contributed by atoms with E-state index in [1.54, 1.807) is 0 Å². The Bertz CT molecular complexity index is 512. The van der Waals surface area contributed by atoms with Crippen LogP contribution in [0.15, 0.2) is 22.7 Å². The van der Waals surface area contributed by atoms with Crippen LogP contribution < -0.4 is 10.2 Å². The Hall–Kier alpha value is -0.250.